The van der Waals surface area contributed by atoms with Crippen molar-refractivity contribution in [2.75, 3.05) is 0 Å². The number of rotatable bonds is 1. The van der Waals surface area contributed by atoms with Gasteiger partial charge in [0, 0.05) is 17.2 Å². The molecular weight excluding hydrogens is 150 g/mol. The summed E-state index contributed by atoms with van der Waals surface area (Å²) in [6, 6.07) is 1.72. The summed E-state index contributed by atoms with van der Waals surface area (Å²) in [5.41, 5.74) is 6.30. The molecule has 1 heterocycles. The van der Waals surface area contributed by atoms with Crippen LogP contribution in [-0.2, 0) is 5.54 Å². The van der Waals surface area contributed by atoms with Crippen LogP contribution in [0, 0.1) is 0 Å². The summed E-state index contributed by atoms with van der Waals surface area (Å²) in [6.45, 7) is 3.79. The number of hydrogen-bond donors (Lipinski definition) is 1. The Kier molecular flexibility index (Phi) is 1.75. The molecule has 0 radical (unpaired) electrons. The minimum absolute atomic E-state index is 0.364. The molecular formula is C7H10ClNO. The predicted molar refractivity (Wildman–Crippen MR) is 40.9 cm³/mol. The largest absolute Gasteiger partial charge is 0.453 e. The predicted octanol–water partition coefficient (Wildman–Crippen LogP) is 2.13. The highest BCUT2D eigenvalue weighted by molar-refractivity contribution is 6.28. The van der Waals surface area contributed by atoms with E-state index in [1.54, 1.807) is 12.3 Å². The molecule has 1 aromatic rings. The molecule has 0 atom stereocenters. The van der Waals surface area contributed by atoms with Gasteiger partial charge in [-0.05, 0) is 25.4 Å². The minimum Gasteiger partial charge on any atom is -0.453 e. The van der Waals surface area contributed by atoms with Crippen LogP contribution in [0.3, 0.4) is 0 Å². The van der Waals surface area contributed by atoms with Crippen LogP contribution in [0.15, 0.2) is 16.7 Å². The Bertz CT molecular complexity index is 224. The minimum atomic E-state index is -0.364. The van der Waals surface area contributed by atoms with E-state index >= 15 is 0 Å². The molecule has 0 aliphatic rings. The summed E-state index contributed by atoms with van der Waals surface area (Å²) in [7, 11) is 0. The van der Waals surface area contributed by atoms with Crippen molar-refractivity contribution >= 4 is 11.6 Å². The second kappa shape index (κ2) is 2.29. The zero-order valence-corrected chi connectivity index (χ0v) is 6.77. The van der Waals surface area contributed by atoms with Crippen molar-refractivity contribution in [1.82, 2.24) is 0 Å². The molecule has 0 aliphatic carbocycles. The first-order valence-electron chi connectivity index (χ1n) is 3.03. The van der Waals surface area contributed by atoms with Gasteiger partial charge in [0.05, 0.1) is 6.26 Å². The fourth-order valence-electron chi connectivity index (χ4n) is 0.648. The average Bonchev–Trinajstić information content (AvgIpc) is 2.11. The van der Waals surface area contributed by atoms with E-state index in [0.29, 0.717) is 5.22 Å². The number of furan rings is 1. The molecule has 10 heavy (non-hydrogen) atoms. The third-order valence-electron chi connectivity index (χ3n) is 1.31. The summed E-state index contributed by atoms with van der Waals surface area (Å²) in [5.74, 6) is 0. The Morgan fingerprint density at radius 2 is 2.20 bits per heavy atom. The summed E-state index contributed by atoms with van der Waals surface area (Å²) < 4.78 is 4.88. The van der Waals surface area contributed by atoms with Crippen molar-refractivity contribution in [2.24, 2.45) is 5.73 Å². The van der Waals surface area contributed by atoms with Gasteiger partial charge in [-0.2, -0.15) is 0 Å². The van der Waals surface area contributed by atoms with E-state index < -0.39 is 0 Å². The molecule has 56 valence electrons. The van der Waals surface area contributed by atoms with Gasteiger partial charge in [0.1, 0.15) is 0 Å². The summed E-state index contributed by atoms with van der Waals surface area (Å²) in [4.78, 5) is 0. The van der Waals surface area contributed by atoms with Crippen LogP contribution in [0.5, 0.6) is 0 Å². The van der Waals surface area contributed by atoms with Gasteiger partial charge in [-0.1, -0.05) is 0 Å². The van der Waals surface area contributed by atoms with E-state index in [2.05, 4.69) is 0 Å². The topological polar surface area (TPSA) is 39.2 Å². The third kappa shape index (κ3) is 1.52. The molecule has 3 heteroatoms. The highest BCUT2D eigenvalue weighted by Crippen LogP contribution is 2.21. The first kappa shape index (κ1) is 7.63. The monoisotopic (exact) mass is 159 g/mol. The van der Waals surface area contributed by atoms with Gasteiger partial charge in [0.2, 0.25) is 0 Å². The van der Waals surface area contributed by atoms with Gasteiger partial charge in [-0.3, -0.25) is 0 Å². The van der Waals surface area contributed by atoms with Gasteiger partial charge in [0.25, 0.3) is 0 Å². The van der Waals surface area contributed by atoms with Gasteiger partial charge in [-0.15, -0.1) is 0 Å². The van der Waals surface area contributed by atoms with Crippen LogP contribution in [0.25, 0.3) is 0 Å². The Balaban J connectivity index is 2.96. The van der Waals surface area contributed by atoms with Crippen LogP contribution in [0.4, 0.5) is 0 Å². The summed E-state index contributed by atoms with van der Waals surface area (Å²) in [5, 5.41) is 0.383. The molecule has 1 aromatic heterocycles. The second-order valence-electron chi connectivity index (χ2n) is 2.86. The fraction of sp³-hybridized carbons (Fsp3) is 0.429. The van der Waals surface area contributed by atoms with Crippen LogP contribution < -0.4 is 5.73 Å². The van der Waals surface area contributed by atoms with Gasteiger partial charge in [-0.25, -0.2) is 0 Å². The van der Waals surface area contributed by atoms with Crippen molar-refractivity contribution < 1.29 is 4.42 Å². The molecule has 2 N–H and O–H groups in total. The second-order valence-corrected chi connectivity index (χ2v) is 3.23. The third-order valence-corrected chi connectivity index (χ3v) is 1.51. The van der Waals surface area contributed by atoms with Crippen molar-refractivity contribution in [3.63, 3.8) is 0 Å². The molecule has 0 bridgehead atoms. The van der Waals surface area contributed by atoms with Gasteiger partial charge in [0.15, 0.2) is 5.22 Å². The van der Waals surface area contributed by atoms with Crippen molar-refractivity contribution in [3.05, 3.63) is 23.1 Å². The van der Waals surface area contributed by atoms with E-state index in [-0.39, 0.29) is 5.54 Å². The lowest BCUT2D eigenvalue weighted by atomic mass is 9.99. The van der Waals surface area contributed by atoms with Gasteiger partial charge < -0.3 is 10.2 Å². The standard InChI is InChI=1S/C7H10ClNO/c1-7(2,9)5-3-6(8)10-4-5/h3-4H,9H2,1-2H3. The molecule has 0 saturated carbocycles. The van der Waals surface area contributed by atoms with Crippen LogP contribution in [-0.4, -0.2) is 0 Å². The van der Waals surface area contributed by atoms with Gasteiger partial charge >= 0.3 is 0 Å². The van der Waals surface area contributed by atoms with E-state index in [1.165, 1.54) is 0 Å². The molecule has 0 unspecified atom stereocenters. The van der Waals surface area contributed by atoms with Crippen LogP contribution in [0.1, 0.15) is 19.4 Å². The zero-order chi connectivity index (χ0) is 7.78. The van der Waals surface area contributed by atoms with E-state index in [4.69, 9.17) is 21.8 Å². The summed E-state index contributed by atoms with van der Waals surface area (Å²) >= 11 is 5.54. The molecule has 0 aromatic carbocycles. The van der Waals surface area contributed by atoms with E-state index in [0.717, 1.165) is 5.56 Å². The molecule has 0 aliphatic heterocycles. The first-order chi connectivity index (χ1) is 4.50. The lowest BCUT2D eigenvalue weighted by molar-refractivity contribution is 0.522. The van der Waals surface area contributed by atoms with Crippen molar-refractivity contribution in [2.45, 2.75) is 19.4 Å². The Labute approximate surface area is 65.0 Å². The smallest absolute Gasteiger partial charge is 0.193 e. The van der Waals surface area contributed by atoms with Crippen LogP contribution >= 0.6 is 11.6 Å². The molecule has 2 nitrogen and oxygen atoms in total. The highest BCUT2D eigenvalue weighted by atomic mass is 35.5. The zero-order valence-electron chi connectivity index (χ0n) is 6.02. The number of nitrogens with two attached hydrogens (primary N) is 1. The lowest BCUT2D eigenvalue weighted by Crippen LogP contribution is -2.27. The SMILES string of the molecule is CC(C)(N)c1coc(Cl)c1. The molecule has 0 fully saturated rings. The first-order valence-corrected chi connectivity index (χ1v) is 3.41. The van der Waals surface area contributed by atoms with Crippen molar-refractivity contribution in [3.8, 4) is 0 Å². The lowest BCUT2D eigenvalue weighted by Gasteiger charge is -2.14. The Morgan fingerprint density at radius 1 is 1.60 bits per heavy atom. The van der Waals surface area contributed by atoms with E-state index in [1.807, 2.05) is 13.8 Å². The number of hydrogen-bond acceptors (Lipinski definition) is 2. The highest BCUT2D eigenvalue weighted by Gasteiger charge is 2.16. The fourth-order valence-corrected chi connectivity index (χ4v) is 0.810. The average molecular weight is 160 g/mol. The molecule has 0 spiro atoms. The quantitative estimate of drug-likeness (QED) is 0.682. The number of halogens is 1. The molecule has 0 saturated heterocycles. The Hall–Kier alpha value is -0.470. The normalized spacial score (nSPS) is 12.0. The maximum absolute atomic E-state index is 5.75. The molecule has 0 amide bonds. The molecule has 1 rings (SSSR count). The maximum Gasteiger partial charge on any atom is 0.193 e. The van der Waals surface area contributed by atoms with Crippen LogP contribution in [0.2, 0.25) is 5.22 Å². The summed E-state index contributed by atoms with van der Waals surface area (Å²) in [6.07, 6.45) is 1.57. The Morgan fingerprint density at radius 3 is 2.40 bits per heavy atom. The van der Waals surface area contributed by atoms with Crippen molar-refractivity contribution in [1.29, 1.82) is 0 Å². The maximum atomic E-state index is 5.75. The van der Waals surface area contributed by atoms with E-state index in [9.17, 15) is 0 Å².